The second-order valence-corrected chi connectivity index (χ2v) is 6.97. The maximum Gasteiger partial charge on any atom is 0.264 e. The van der Waals surface area contributed by atoms with E-state index in [4.69, 9.17) is 5.73 Å². The molecule has 1 aromatic rings. The number of nitrogens with zero attached hydrogens (tertiary/aromatic N) is 1. The lowest BCUT2D eigenvalue weighted by Crippen LogP contribution is -2.51. The minimum absolute atomic E-state index is 0.210. The van der Waals surface area contributed by atoms with Crippen molar-refractivity contribution in [2.75, 3.05) is 13.1 Å². The molecule has 3 nitrogen and oxygen atoms in total. The summed E-state index contributed by atoms with van der Waals surface area (Å²) in [5, 5.41) is 0. The van der Waals surface area contributed by atoms with Crippen LogP contribution in [-0.2, 0) is 12.8 Å². The Bertz CT molecular complexity index is 461. The van der Waals surface area contributed by atoms with Crippen molar-refractivity contribution in [1.29, 1.82) is 0 Å². The zero-order valence-electron chi connectivity index (χ0n) is 11.5. The van der Waals surface area contributed by atoms with Gasteiger partial charge < -0.3 is 10.6 Å². The Morgan fingerprint density at radius 2 is 2.32 bits per heavy atom. The maximum atomic E-state index is 12.7. The van der Waals surface area contributed by atoms with E-state index in [1.54, 1.807) is 11.3 Å². The van der Waals surface area contributed by atoms with Gasteiger partial charge in [0.2, 0.25) is 0 Å². The number of carbonyl (C=O) groups is 1. The highest BCUT2D eigenvalue weighted by Crippen LogP contribution is 2.33. The van der Waals surface area contributed by atoms with Gasteiger partial charge in [-0.2, -0.15) is 0 Å². The summed E-state index contributed by atoms with van der Waals surface area (Å²) in [6.45, 7) is 3.66. The highest BCUT2D eigenvalue weighted by molar-refractivity contribution is 7.14. The first-order chi connectivity index (χ1) is 9.20. The van der Waals surface area contributed by atoms with E-state index in [0.29, 0.717) is 12.5 Å². The van der Waals surface area contributed by atoms with Crippen LogP contribution in [0.5, 0.6) is 0 Å². The lowest BCUT2D eigenvalue weighted by Gasteiger charge is -2.39. The summed E-state index contributed by atoms with van der Waals surface area (Å²) in [5.41, 5.74) is 7.29. The van der Waals surface area contributed by atoms with Crippen molar-refractivity contribution >= 4 is 17.2 Å². The molecule has 0 bridgehead atoms. The summed E-state index contributed by atoms with van der Waals surface area (Å²) in [5.74, 6) is 0.732. The van der Waals surface area contributed by atoms with Crippen molar-refractivity contribution in [2.45, 2.75) is 45.1 Å². The topological polar surface area (TPSA) is 46.3 Å². The molecule has 2 N–H and O–H groups in total. The number of thiophene rings is 1. The number of piperidine rings is 1. The maximum absolute atomic E-state index is 12.7. The number of fused-ring (bicyclic) bond motifs is 1. The van der Waals surface area contributed by atoms with Crippen LogP contribution in [0.3, 0.4) is 0 Å². The molecule has 1 fully saturated rings. The normalized spacial score (nSPS) is 26.5. The van der Waals surface area contributed by atoms with Crippen molar-refractivity contribution in [3.05, 3.63) is 21.4 Å². The lowest BCUT2D eigenvalue weighted by atomic mass is 9.90. The number of carbonyl (C=O) groups excluding carboxylic acids is 1. The Hall–Kier alpha value is -0.870. The highest BCUT2D eigenvalue weighted by Gasteiger charge is 2.32. The molecule has 1 saturated heterocycles. The Labute approximate surface area is 118 Å². The predicted molar refractivity (Wildman–Crippen MR) is 78.6 cm³/mol. The zero-order valence-corrected chi connectivity index (χ0v) is 12.3. The molecule has 1 aromatic heterocycles. The lowest BCUT2D eigenvalue weighted by molar-refractivity contribution is 0.0537. The smallest absolute Gasteiger partial charge is 0.264 e. The van der Waals surface area contributed by atoms with Crippen molar-refractivity contribution in [1.82, 2.24) is 4.90 Å². The van der Waals surface area contributed by atoms with E-state index in [1.807, 2.05) is 4.90 Å². The van der Waals surface area contributed by atoms with Crippen molar-refractivity contribution in [3.8, 4) is 0 Å². The van der Waals surface area contributed by atoms with Gasteiger partial charge >= 0.3 is 0 Å². The predicted octanol–water partition coefficient (Wildman–Crippen LogP) is 2.44. The van der Waals surface area contributed by atoms with E-state index >= 15 is 0 Å². The average molecular weight is 278 g/mol. The van der Waals surface area contributed by atoms with Gasteiger partial charge in [0.1, 0.15) is 0 Å². The van der Waals surface area contributed by atoms with E-state index in [9.17, 15) is 4.79 Å². The number of hydrogen-bond acceptors (Lipinski definition) is 3. The fraction of sp³-hybridized carbons (Fsp3) is 0.667. The van der Waals surface area contributed by atoms with E-state index in [2.05, 4.69) is 13.0 Å². The third-order valence-corrected chi connectivity index (χ3v) is 5.80. The second-order valence-electron chi connectivity index (χ2n) is 5.83. The molecule has 4 heteroatoms. The standard InChI is InChI=1S/C15H22N2OS/c1-10-4-3-7-17(12(10)9-16)15(18)14-8-11-5-2-6-13(11)19-14/h8,10,12H,2-7,9,16H2,1H3. The van der Waals surface area contributed by atoms with Gasteiger partial charge in [-0.25, -0.2) is 0 Å². The van der Waals surface area contributed by atoms with Crippen LogP contribution in [0.2, 0.25) is 0 Å². The molecule has 0 aromatic carbocycles. The van der Waals surface area contributed by atoms with Gasteiger partial charge in [0, 0.05) is 24.0 Å². The molecule has 2 aliphatic rings. The summed E-state index contributed by atoms with van der Waals surface area (Å²) in [6, 6.07) is 2.35. The van der Waals surface area contributed by atoms with Crippen LogP contribution in [0, 0.1) is 5.92 Å². The SMILES string of the molecule is CC1CCCN(C(=O)c2cc3c(s2)CCC3)C1CN. The van der Waals surface area contributed by atoms with E-state index in [-0.39, 0.29) is 11.9 Å². The highest BCUT2D eigenvalue weighted by atomic mass is 32.1. The first-order valence-corrected chi connectivity index (χ1v) is 8.15. The van der Waals surface area contributed by atoms with E-state index in [1.165, 1.54) is 23.3 Å². The van der Waals surface area contributed by atoms with Gasteiger partial charge in [-0.3, -0.25) is 4.79 Å². The van der Waals surface area contributed by atoms with Gasteiger partial charge in [0.25, 0.3) is 5.91 Å². The van der Waals surface area contributed by atoms with Crippen LogP contribution in [0.1, 0.15) is 46.3 Å². The second kappa shape index (κ2) is 5.25. The molecule has 0 spiro atoms. The number of nitrogens with two attached hydrogens (primary N) is 1. The Kier molecular flexibility index (Phi) is 3.63. The summed E-state index contributed by atoms with van der Waals surface area (Å²) in [6.07, 6.45) is 5.85. The molecule has 3 rings (SSSR count). The first-order valence-electron chi connectivity index (χ1n) is 7.33. The van der Waals surface area contributed by atoms with E-state index in [0.717, 1.165) is 30.7 Å². The van der Waals surface area contributed by atoms with Crippen LogP contribution in [-0.4, -0.2) is 29.9 Å². The third kappa shape index (κ3) is 2.32. The van der Waals surface area contributed by atoms with Crippen LogP contribution >= 0.6 is 11.3 Å². The molecule has 2 unspecified atom stereocenters. The Morgan fingerprint density at radius 1 is 1.47 bits per heavy atom. The van der Waals surface area contributed by atoms with Crippen LogP contribution in [0.15, 0.2) is 6.07 Å². The van der Waals surface area contributed by atoms with Crippen LogP contribution in [0.4, 0.5) is 0 Å². The van der Waals surface area contributed by atoms with Gasteiger partial charge in [-0.1, -0.05) is 6.92 Å². The summed E-state index contributed by atoms with van der Waals surface area (Å²) >= 11 is 1.71. The molecule has 19 heavy (non-hydrogen) atoms. The molecule has 0 radical (unpaired) electrons. The van der Waals surface area contributed by atoms with E-state index < -0.39 is 0 Å². The largest absolute Gasteiger partial charge is 0.333 e. The van der Waals surface area contributed by atoms with Crippen molar-refractivity contribution in [3.63, 3.8) is 0 Å². The van der Waals surface area contributed by atoms with Crippen molar-refractivity contribution in [2.24, 2.45) is 11.7 Å². The van der Waals surface area contributed by atoms with Gasteiger partial charge in [-0.05, 0) is 49.7 Å². The minimum atomic E-state index is 0.210. The Balaban J connectivity index is 1.81. The van der Waals surface area contributed by atoms with Crippen LogP contribution in [0.25, 0.3) is 0 Å². The Morgan fingerprint density at radius 3 is 3.05 bits per heavy atom. The fourth-order valence-electron chi connectivity index (χ4n) is 3.44. The van der Waals surface area contributed by atoms with Gasteiger partial charge in [0.05, 0.1) is 4.88 Å². The minimum Gasteiger partial charge on any atom is -0.333 e. The molecule has 1 aliphatic carbocycles. The summed E-state index contributed by atoms with van der Waals surface area (Å²) < 4.78 is 0. The summed E-state index contributed by atoms with van der Waals surface area (Å²) in [4.78, 5) is 17.1. The fourth-order valence-corrected chi connectivity index (χ4v) is 4.65. The molecule has 2 atom stereocenters. The average Bonchev–Trinajstić information content (AvgIpc) is 2.98. The monoisotopic (exact) mass is 278 g/mol. The number of hydrogen-bond donors (Lipinski definition) is 1. The number of likely N-dealkylation sites (tertiary alicyclic amines) is 1. The zero-order chi connectivity index (χ0) is 13.4. The summed E-state index contributed by atoms with van der Waals surface area (Å²) in [7, 11) is 0. The molecule has 104 valence electrons. The number of amides is 1. The number of aryl methyl sites for hydroxylation is 2. The quantitative estimate of drug-likeness (QED) is 0.903. The molecule has 2 heterocycles. The number of rotatable bonds is 2. The van der Waals surface area contributed by atoms with Crippen LogP contribution < -0.4 is 5.73 Å². The molecular formula is C15H22N2OS. The molecule has 1 amide bonds. The molecule has 0 saturated carbocycles. The third-order valence-electron chi connectivity index (χ3n) is 4.58. The molecular weight excluding hydrogens is 256 g/mol. The van der Waals surface area contributed by atoms with Crippen molar-refractivity contribution < 1.29 is 4.79 Å². The van der Waals surface area contributed by atoms with Gasteiger partial charge in [-0.15, -0.1) is 11.3 Å². The van der Waals surface area contributed by atoms with Gasteiger partial charge in [0.15, 0.2) is 0 Å². The first kappa shape index (κ1) is 13.1. The molecule has 1 aliphatic heterocycles.